The summed E-state index contributed by atoms with van der Waals surface area (Å²) in [7, 11) is 0. The van der Waals surface area contributed by atoms with E-state index in [-0.39, 0.29) is 23.6 Å². The quantitative estimate of drug-likeness (QED) is 0.290. The number of rotatable bonds is 10. The molecule has 1 aliphatic rings. The normalized spacial score (nSPS) is 14.6. The van der Waals surface area contributed by atoms with Crippen LogP contribution in [0.4, 0.5) is 0 Å². The summed E-state index contributed by atoms with van der Waals surface area (Å²) in [5.74, 6) is 0.136. The summed E-state index contributed by atoms with van der Waals surface area (Å²) < 4.78 is 0. The molecule has 1 N–H and O–H groups in total. The van der Waals surface area contributed by atoms with Crippen LogP contribution in [0.1, 0.15) is 48.8 Å². The molecule has 0 bridgehead atoms. The maximum absolute atomic E-state index is 13.8. The molecule has 0 aromatic heterocycles. The van der Waals surface area contributed by atoms with Crippen LogP contribution in [-0.4, -0.2) is 34.6 Å². The van der Waals surface area contributed by atoms with Gasteiger partial charge in [0.25, 0.3) is 0 Å². The first-order chi connectivity index (χ1) is 18.0. The molecule has 4 rings (SSSR count). The lowest BCUT2D eigenvalue weighted by molar-refractivity contribution is -0.139. The Labute approximate surface area is 229 Å². The fraction of sp³-hybridized carbons (Fsp3) is 0.355. The predicted octanol–water partition coefficient (Wildman–Crippen LogP) is 6.83. The molecule has 0 unspecified atom stereocenters. The zero-order chi connectivity index (χ0) is 26.0. The van der Waals surface area contributed by atoms with Crippen molar-refractivity contribution in [1.82, 2.24) is 10.2 Å². The van der Waals surface area contributed by atoms with Gasteiger partial charge in [0.1, 0.15) is 6.04 Å². The van der Waals surface area contributed by atoms with E-state index >= 15 is 0 Å². The second-order valence-corrected chi connectivity index (χ2v) is 11.3. The Balaban J connectivity index is 1.59. The lowest BCUT2D eigenvalue weighted by Gasteiger charge is -2.33. The van der Waals surface area contributed by atoms with Crippen molar-refractivity contribution in [3.8, 4) is 0 Å². The highest BCUT2D eigenvalue weighted by atomic mass is 35.5. The maximum Gasteiger partial charge on any atom is 0.243 e. The Hall–Kier alpha value is -2.76. The van der Waals surface area contributed by atoms with Gasteiger partial charge in [-0.25, -0.2) is 0 Å². The molecule has 37 heavy (non-hydrogen) atoms. The summed E-state index contributed by atoms with van der Waals surface area (Å²) in [6.45, 7) is 2.40. The van der Waals surface area contributed by atoms with E-state index in [4.69, 9.17) is 11.6 Å². The first-order valence-electron chi connectivity index (χ1n) is 13.1. The van der Waals surface area contributed by atoms with Crippen LogP contribution in [0.5, 0.6) is 0 Å². The van der Waals surface area contributed by atoms with Crippen molar-refractivity contribution < 1.29 is 9.59 Å². The summed E-state index contributed by atoms with van der Waals surface area (Å²) in [6.07, 6.45) is 5.95. The standard InChI is InChI=1S/C31H35ClN2O2S/c1-23-12-18-28(19-13-23)37-22-30(35)34(21-25-14-16-26(32)17-15-25)29(20-24-8-4-2-5-9-24)31(36)33-27-10-6-3-7-11-27/h2,4-5,8-9,12-19,27,29H,3,6-7,10-11,20-22H2,1H3,(H,33,36)/t29-/m0/s1. The molecule has 194 valence electrons. The van der Waals surface area contributed by atoms with Crippen molar-refractivity contribution in [3.63, 3.8) is 0 Å². The predicted molar refractivity (Wildman–Crippen MR) is 153 cm³/mol. The molecule has 0 spiro atoms. The molecule has 1 atom stereocenters. The Bertz CT molecular complexity index is 1150. The van der Waals surface area contributed by atoms with Gasteiger partial charge in [-0.2, -0.15) is 0 Å². The van der Waals surface area contributed by atoms with Gasteiger partial charge < -0.3 is 10.2 Å². The second-order valence-electron chi connectivity index (χ2n) is 9.80. The van der Waals surface area contributed by atoms with Gasteiger partial charge in [0, 0.05) is 28.9 Å². The molecule has 3 aromatic rings. The average molecular weight is 535 g/mol. The Kier molecular flexibility index (Phi) is 10.1. The highest BCUT2D eigenvalue weighted by molar-refractivity contribution is 8.00. The van der Waals surface area contributed by atoms with E-state index < -0.39 is 6.04 Å². The fourth-order valence-electron chi connectivity index (χ4n) is 4.75. The third-order valence-corrected chi connectivity index (χ3v) is 8.12. The average Bonchev–Trinajstić information content (AvgIpc) is 2.92. The van der Waals surface area contributed by atoms with Crippen LogP contribution >= 0.6 is 23.4 Å². The minimum atomic E-state index is -0.605. The molecule has 1 aliphatic carbocycles. The van der Waals surface area contributed by atoms with Crippen LogP contribution in [0.3, 0.4) is 0 Å². The number of benzene rings is 3. The lowest BCUT2D eigenvalue weighted by Crippen LogP contribution is -2.53. The summed E-state index contributed by atoms with van der Waals surface area (Å²) in [6, 6.07) is 25.2. The maximum atomic E-state index is 13.8. The summed E-state index contributed by atoms with van der Waals surface area (Å²) in [4.78, 5) is 30.4. The molecular weight excluding hydrogens is 500 g/mol. The van der Waals surface area contributed by atoms with Crippen LogP contribution in [0.25, 0.3) is 0 Å². The van der Waals surface area contributed by atoms with Crippen molar-refractivity contribution in [2.75, 3.05) is 5.75 Å². The van der Waals surface area contributed by atoms with E-state index in [1.165, 1.54) is 23.7 Å². The first kappa shape index (κ1) is 27.3. The highest BCUT2D eigenvalue weighted by Crippen LogP contribution is 2.23. The van der Waals surface area contributed by atoms with E-state index in [9.17, 15) is 9.59 Å². The van der Waals surface area contributed by atoms with Crippen molar-refractivity contribution in [3.05, 3.63) is 101 Å². The topological polar surface area (TPSA) is 49.4 Å². The Morgan fingerprint density at radius 1 is 0.919 bits per heavy atom. The SMILES string of the molecule is Cc1ccc(SCC(=O)N(Cc2ccc(Cl)cc2)[C@@H](Cc2ccccc2)C(=O)NC2CCCCC2)cc1. The number of thioether (sulfide) groups is 1. The molecule has 0 radical (unpaired) electrons. The van der Waals surface area contributed by atoms with Gasteiger partial charge in [-0.1, -0.05) is 91.0 Å². The zero-order valence-corrected chi connectivity index (χ0v) is 22.9. The third kappa shape index (κ3) is 8.37. The van der Waals surface area contributed by atoms with Gasteiger partial charge in [0.05, 0.1) is 5.75 Å². The van der Waals surface area contributed by atoms with Gasteiger partial charge in [-0.05, 0) is 55.2 Å². The third-order valence-electron chi connectivity index (χ3n) is 6.87. The van der Waals surface area contributed by atoms with Crippen LogP contribution in [0.2, 0.25) is 5.02 Å². The zero-order valence-electron chi connectivity index (χ0n) is 21.4. The molecule has 0 heterocycles. The number of nitrogens with zero attached hydrogens (tertiary/aromatic N) is 1. The van der Waals surface area contributed by atoms with Crippen LogP contribution in [0, 0.1) is 6.92 Å². The lowest BCUT2D eigenvalue weighted by atomic mass is 9.94. The number of aryl methyl sites for hydroxylation is 1. The molecule has 1 fully saturated rings. The first-order valence-corrected chi connectivity index (χ1v) is 14.4. The molecule has 3 aromatic carbocycles. The number of hydrogen-bond donors (Lipinski definition) is 1. The van der Waals surface area contributed by atoms with Gasteiger partial charge in [0.15, 0.2) is 0 Å². The number of amides is 2. The molecule has 2 amide bonds. The number of hydrogen-bond acceptors (Lipinski definition) is 3. The molecule has 6 heteroatoms. The monoisotopic (exact) mass is 534 g/mol. The summed E-state index contributed by atoms with van der Waals surface area (Å²) in [5, 5.41) is 3.93. The molecule has 0 saturated heterocycles. The van der Waals surface area contributed by atoms with Gasteiger partial charge in [-0.15, -0.1) is 11.8 Å². The number of nitrogens with one attached hydrogen (secondary N) is 1. The Morgan fingerprint density at radius 2 is 1.59 bits per heavy atom. The smallest absolute Gasteiger partial charge is 0.243 e. The van der Waals surface area contributed by atoms with E-state index in [2.05, 4.69) is 5.32 Å². The molecule has 4 nitrogen and oxygen atoms in total. The van der Waals surface area contributed by atoms with E-state index in [1.54, 1.807) is 4.90 Å². The van der Waals surface area contributed by atoms with Crippen LogP contribution < -0.4 is 5.32 Å². The van der Waals surface area contributed by atoms with Crippen molar-refractivity contribution >= 4 is 35.2 Å². The number of halogens is 1. The highest BCUT2D eigenvalue weighted by Gasteiger charge is 2.31. The largest absolute Gasteiger partial charge is 0.352 e. The molecular formula is C31H35ClN2O2S. The van der Waals surface area contributed by atoms with E-state index in [0.717, 1.165) is 41.7 Å². The van der Waals surface area contributed by atoms with Gasteiger partial charge >= 0.3 is 0 Å². The fourth-order valence-corrected chi connectivity index (χ4v) is 5.66. The molecule has 1 saturated carbocycles. The Morgan fingerprint density at radius 3 is 2.27 bits per heavy atom. The van der Waals surface area contributed by atoms with E-state index in [0.29, 0.717) is 18.0 Å². The summed E-state index contributed by atoms with van der Waals surface area (Å²) in [5.41, 5.74) is 3.16. The van der Waals surface area contributed by atoms with E-state index in [1.807, 2.05) is 85.8 Å². The second kappa shape index (κ2) is 13.7. The van der Waals surface area contributed by atoms with Gasteiger partial charge in [0.2, 0.25) is 11.8 Å². The van der Waals surface area contributed by atoms with Crippen molar-refractivity contribution in [1.29, 1.82) is 0 Å². The minimum Gasteiger partial charge on any atom is -0.352 e. The van der Waals surface area contributed by atoms with Crippen LogP contribution in [0.15, 0.2) is 83.8 Å². The summed E-state index contributed by atoms with van der Waals surface area (Å²) >= 11 is 7.63. The number of carbonyl (C=O) groups is 2. The molecule has 0 aliphatic heterocycles. The van der Waals surface area contributed by atoms with Gasteiger partial charge in [-0.3, -0.25) is 9.59 Å². The van der Waals surface area contributed by atoms with Crippen molar-refractivity contribution in [2.45, 2.75) is 69.0 Å². The minimum absolute atomic E-state index is 0.0553. The van der Waals surface area contributed by atoms with Crippen LogP contribution in [-0.2, 0) is 22.6 Å². The number of carbonyl (C=O) groups excluding carboxylic acids is 2. The van der Waals surface area contributed by atoms with Crippen molar-refractivity contribution in [2.24, 2.45) is 0 Å².